The van der Waals surface area contributed by atoms with Crippen LogP contribution in [0.4, 0.5) is 5.95 Å². The van der Waals surface area contributed by atoms with E-state index in [4.69, 9.17) is 32.9 Å². The number of tetrazole rings is 1. The number of anilines is 1. The molecule has 0 spiro atoms. The van der Waals surface area contributed by atoms with E-state index in [0.29, 0.717) is 39.6 Å². The number of hydrogen-bond donors (Lipinski definition) is 1. The molecule has 0 bridgehead atoms. The second-order valence-electron chi connectivity index (χ2n) is 13.0. The summed E-state index contributed by atoms with van der Waals surface area (Å²) in [6.07, 6.45) is 7.95. The van der Waals surface area contributed by atoms with Gasteiger partial charge in [-0.2, -0.15) is 0 Å². The predicted molar refractivity (Wildman–Crippen MR) is 199 cm³/mol. The summed E-state index contributed by atoms with van der Waals surface area (Å²) in [5.74, 6) is 1.34. The number of methoxy groups -OCH3 is 1. The van der Waals surface area contributed by atoms with Crippen LogP contribution in [0, 0.1) is 0 Å². The number of halogens is 2. The largest absolute Gasteiger partial charge is 0.496 e. The minimum atomic E-state index is -0.158. The molecule has 3 aromatic carbocycles. The average Bonchev–Trinajstić information content (AvgIpc) is 3.80. The zero-order chi connectivity index (χ0) is 35.0. The van der Waals surface area contributed by atoms with Gasteiger partial charge in [0.05, 0.1) is 39.4 Å². The van der Waals surface area contributed by atoms with Gasteiger partial charge in [0, 0.05) is 45.2 Å². The van der Waals surface area contributed by atoms with E-state index in [9.17, 15) is 4.79 Å². The first-order chi connectivity index (χ1) is 24.3. The predicted octanol–water partition coefficient (Wildman–Crippen LogP) is 7.34. The molecule has 0 saturated carbocycles. The fraction of sp³-hybridized carbons (Fsp3) is 0.432. The zero-order valence-corrected chi connectivity index (χ0v) is 30.4. The van der Waals surface area contributed by atoms with Gasteiger partial charge in [0.1, 0.15) is 12.1 Å². The molecule has 5 aromatic rings. The van der Waals surface area contributed by atoms with Crippen molar-refractivity contribution < 1.29 is 9.53 Å². The fourth-order valence-electron chi connectivity index (χ4n) is 6.79. The third kappa shape index (κ3) is 8.39. The number of unbranched alkanes of at least 4 members (excludes halogenated alkanes) is 2. The number of para-hydroxylation sites is 2. The number of likely N-dealkylation sites (tertiary alicyclic amines) is 1. The number of nitrogens with one attached hydrogen (secondary N) is 1. The smallest absolute Gasteiger partial charge is 0.257 e. The van der Waals surface area contributed by atoms with E-state index in [1.165, 1.54) is 29.4 Å². The van der Waals surface area contributed by atoms with Gasteiger partial charge < -0.3 is 24.4 Å². The van der Waals surface area contributed by atoms with Crippen molar-refractivity contribution in [3.8, 4) is 11.4 Å². The molecule has 0 radical (unpaired) electrons. The summed E-state index contributed by atoms with van der Waals surface area (Å²) in [4.78, 5) is 23.1. The Morgan fingerprint density at radius 2 is 1.86 bits per heavy atom. The van der Waals surface area contributed by atoms with Crippen molar-refractivity contribution in [1.29, 1.82) is 0 Å². The first-order valence-electron chi connectivity index (χ1n) is 17.4. The zero-order valence-electron chi connectivity index (χ0n) is 28.9. The molecule has 1 amide bonds. The Balaban J connectivity index is 1.11. The molecule has 1 unspecified atom stereocenters. The molecule has 2 aromatic heterocycles. The fourth-order valence-corrected chi connectivity index (χ4v) is 7.09. The van der Waals surface area contributed by atoms with Gasteiger partial charge in [0.25, 0.3) is 5.91 Å². The number of hydrogen-bond acceptors (Lipinski definition) is 8. The maximum atomic E-state index is 13.9. The molecule has 264 valence electrons. The molecular weight excluding hydrogens is 673 g/mol. The first kappa shape index (κ1) is 35.6. The highest BCUT2D eigenvalue weighted by atomic mass is 35.5. The number of imidazole rings is 1. The first-order valence-corrected chi connectivity index (χ1v) is 18.2. The third-order valence-electron chi connectivity index (χ3n) is 9.64. The number of fused-ring (bicyclic) bond motifs is 1. The summed E-state index contributed by atoms with van der Waals surface area (Å²) in [6, 6.07) is 19.9. The molecule has 1 aliphatic rings. The van der Waals surface area contributed by atoms with Gasteiger partial charge in [-0.15, -0.1) is 5.10 Å². The minimum absolute atomic E-state index is 0.0336. The maximum absolute atomic E-state index is 13.9. The topological polar surface area (TPSA) is 106 Å². The van der Waals surface area contributed by atoms with E-state index in [1.807, 2.05) is 31.3 Å². The number of amides is 1. The summed E-state index contributed by atoms with van der Waals surface area (Å²) >= 11 is 12.8. The van der Waals surface area contributed by atoms with E-state index in [0.717, 1.165) is 68.9 Å². The normalized spacial score (nSPS) is 14.6. The highest BCUT2D eigenvalue weighted by molar-refractivity contribution is 6.42. The minimum Gasteiger partial charge on any atom is -0.496 e. The van der Waals surface area contributed by atoms with Crippen molar-refractivity contribution in [1.82, 2.24) is 39.6 Å². The number of rotatable bonds is 15. The molecular formula is C37H45Cl2N9O2. The Hall–Kier alpha value is -4.19. The maximum Gasteiger partial charge on any atom is 0.257 e. The molecule has 3 heterocycles. The number of carbonyl (C=O) groups excluding carboxylic acids is 1. The number of aromatic nitrogens is 6. The molecule has 0 aliphatic carbocycles. The molecule has 1 fully saturated rings. The second kappa shape index (κ2) is 16.7. The van der Waals surface area contributed by atoms with E-state index in [2.05, 4.69) is 61.5 Å². The van der Waals surface area contributed by atoms with Crippen LogP contribution in [0.5, 0.6) is 5.75 Å². The van der Waals surface area contributed by atoms with Crippen LogP contribution in [0.3, 0.4) is 0 Å². The van der Waals surface area contributed by atoms with Gasteiger partial charge in [-0.3, -0.25) is 4.79 Å². The number of benzene rings is 3. The number of carbonyl (C=O) groups is 1. The van der Waals surface area contributed by atoms with E-state index >= 15 is 0 Å². The highest BCUT2D eigenvalue weighted by Crippen LogP contribution is 2.31. The number of aryl methyl sites for hydroxylation is 1. The standard InChI is InChI=1S/C37H45Cl2N9O2/c1-4-5-8-18-47-34-10-7-6-9-33(34)42-37(47)41-28-16-20-46(21-17-28)19-15-27(26-11-13-31(38)32(39)22-26)24-45(2)36(49)30-23-29(12-14-35(30)50-3)48-25-40-43-44-48/h6-7,9-14,22-23,25,27-28H,4-5,8,15-21,24H2,1-3H3,(H,41,42). The Morgan fingerprint density at radius 1 is 1.04 bits per heavy atom. The van der Waals surface area contributed by atoms with E-state index in [-0.39, 0.29) is 11.8 Å². The SMILES string of the molecule is CCCCCn1c(NC2CCN(CCC(CN(C)C(=O)c3cc(-n4cnnn4)ccc3OC)c3ccc(Cl)c(Cl)c3)CC2)nc2ccccc21. The van der Waals surface area contributed by atoms with Crippen LogP contribution in [0.1, 0.15) is 67.3 Å². The number of piperidine rings is 1. The van der Waals surface area contributed by atoms with Crippen molar-refractivity contribution >= 4 is 46.1 Å². The van der Waals surface area contributed by atoms with Gasteiger partial charge in [-0.1, -0.05) is 61.2 Å². The van der Waals surface area contributed by atoms with E-state index in [1.54, 1.807) is 24.1 Å². The van der Waals surface area contributed by atoms with E-state index < -0.39 is 0 Å². The van der Waals surface area contributed by atoms with Crippen molar-refractivity contribution in [3.63, 3.8) is 0 Å². The number of ether oxygens (including phenoxy) is 1. The van der Waals surface area contributed by atoms with Crippen LogP contribution in [0.2, 0.25) is 10.0 Å². The summed E-state index contributed by atoms with van der Waals surface area (Å²) in [7, 11) is 3.38. The average molecular weight is 719 g/mol. The molecule has 1 saturated heterocycles. The summed E-state index contributed by atoms with van der Waals surface area (Å²) in [6.45, 7) is 6.56. The van der Waals surface area contributed by atoms with Crippen LogP contribution in [-0.4, -0.2) is 91.8 Å². The Morgan fingerprint density at radius 3 is 2.60 bits per heavy atom. The number of likely N-dealkylation sites (N-methyl/N-ethyl adjacent to an activating group) is 1. The van der Waals surface area contributed by atoms with Crippen molar-refractivity contribution in [2.75, 3.05) is 45.7 Å². The van der Waals surface area contributed by atoms with Gasteiger partial charge in [0.2, 0.25) is 5.95 Å². The number of nitrogens with zero attached hydrogens (tertiary/aromatic N) is 8. The lowest BCUT2D eigenvalue weighted by Crippen LogP contribution is -2.40. The summed E-state index contributed by atoms with van der Waals surface area (Å²) in [5, 5.41) is 16.2. The molecule has 1 N–H and O–H groups in total. The van der Waals surface area contributed by atoms with Gasteiger partial charge >= 0.3 is 0 Å². The molecule has 13 heteroatoms. The lowest BCUT2D eigenvalue weighted by Gasteiger charge is -2.34. The Bertz CT molecular complexity index is 1870. The summed E-state index contributed by atoms with van der Waals surface area (Å²) < 4.78 is 9.43. The van der Waals surface area contributed by atoms with Crippen LogP contribution in [0.25, 0.3) is 16.7 Å². The van der Waals surface area contributed by atoms with Gasteiger partial charge in [-0.25, -0.2) is 9.67 Å². The Kier molecular flexibility index (Phi) is 11.9. The van der Waals surface area contributed by atoms with Crippen molar-refractivity contribution in [3.05, 3.63) is 88.2 Å². The molecule has 6 rings (SSSR count). The molecule has 11 nitrogen and oxygen atoms in total. The van der Waals surface area contributed by atoms with Gasteiger partial charge in [0.15, 0.2) is 0 Å². The van der Waals surface area contributed by atoms with Crippen LogP contribution in [0.15, 0.2) is 67.0 Å². The molecule has 1 atom stereocenters. The molecule has 50 heavy (non-hydrogen) atoms. The van der Waals surface area contributed by atoms with Crippen molar-refractivity contribution in [2.24, 2.45) is 0 Å². The lowest BCUT2D eigenvalue weighted by molar-refractivity contribution is 0.0778. The van der Waals surface area contributed by atoms with Crippen LogP contribution >= 0.6 is 23.2 Å². The van der Waals surface area contributed by atoms with Crippen LogP contribution < -0.4 is 10.1 Å². The second-order valence-corrected chi connectivity index (χ2v) is 13.8. The summed E-state index contributed by atoms with van der Waals surface area (Å²) in [5.41, 5.74) is 4.38. The monoisotopic (exact) mass is 717 g/mol. The third-order valence-corrected chi connectivity index (χ3v) is 10.4. The van der Waals surface area contributed by atoms with Crippen molar-refractivity contribution in [2.45, 2.75) is 64.0 Å². The Labute approximate surface area is 303 Å². The lowest BCUT2D eigenvalue weighted by atomic mass is 9.94. The van der Waals surface area contributed by atoms with Crippen LogP contribution in [-0.2, 0) is 6.54 Å². The highest BCUT2D eigenvalue weighted by Gasteiger charge is 2.26. The molecule has 1 aliphatic heterocycles. The van der Waals surface area contributed by atoms with Gasteiger partial charge in [-0.05, 0) is 90.7 Å². The quantitative estimate of drug-likeness (QED) is 0.112.